The van der Waals surface area contributed by atoms with Crippen molar-refractivity contribution in [3.63, 3.8) is 0 Å². The third-order valence-electron chi connectivity index (χ3n) is 2.08. The molecule has 1 saturated heterocycles. The molecule has 1 fully saturated rings. The zero-order chi connectivity index (χ0) is 9.59. The summed E-state index contributed by atoms with van der Waals surface area (Å²) in [6.45, 7) is 1.93. The maximum atomic E-state index is 13.1. The van der Waals surface area contributed by atoms with E-state index in [9.17, 15) is 8.78 Å². The fraction of sp³-hybridized carbons (Fsp3) is 0.333. The first-order valence-corrected chi connectivity index (χ1v) is 3.90. The SMILES string of the molecule is Cc1cc([C@@H]2CO2)c(F)c(F)c1O. The summed E-state index contributed by atoms with van der Waals surface area (Å²) in [7, 11) is 0. The van der Waals surface area contributed by atoms with E-state index in [1.807, 2.05) is 0 Å². The summed E-state index contributed by atoms with van der Waals surface area (Å²) in [5.74, 6) is -2.82. The molecule has 0 aromatic heterocycles. The van der Waals surface area contributed by atoms with E-state index in [1.165, 1.54) is 13.0 Å². The summed E-state index contributed by atoms with van der Waals surface area (Å²) in [6, 6.07) is 1.41. The van der Waals surface area contributed by atoms with Crippen LogP contribution in [0.1, 0.15) is 17.2 Å². The van der Waals surface area contributed by atoms with Crippen LogP contribution >= 0.6 is 0 Å². The van der Waals surface area contributed by atoms with Gasteiger partial charge in [-0.2, -0.15) is 4.39 Å². The van der Waals surface area contributed by atoms with Gasteiger partial charge in [-0.15, -0.1) is 0 Å². The zero-order valence-corrected chi connectivity index (χ0v) is 6.97. The Morgan fingerprint density at radius 1 is 1.46 bits per heavy atom. The number of aromatic hydroxyl groups is 1. The molecule has 1 aromatic carbocycles. The van der Waals surface area contributed by atoms with E-state index in [2.05, 4.69) is 0 Å². The van der Waals surface area contributed by atoms with Crippen molar-refractivity contribution in [3.05, 3.63) is 28.8 Å². The normalized spacial score (nSPS) is 20.4. The molecule has 1 atom stereocenters. The van der Waals surface area contributed by atoms with Gasteiger partial charge in [0, 0.05) is 5.56 Å². The predicted molar refractivity (Wildman–Crippen MR) is 41.5 cm³/mol. The number of rotatable bonds is 1. The van der Waals surface area contributed by atoms with Crippen LogP contribution in [0, 0.1) is 18.6 Å². The Morgan fingerprint density at radius 3 is 2.62 bits per heavy atom. The first-order chi connectivity index (χ1) is 6.11. The number of phenolic OH excluding ortho intramolecular Hbond substituents is 1. The first-order valence-electron chi connectivity index (χ1n) is 3.90. The number of hydrogen-bond donors (Lipinski definition) is 1. The van der Waals surface area contributed by atoms with Crippen LogP contribution < -0.4 is 0 Å². The van der Waals surface area contributed by atoms with Gasteiger partial charge in [0.15, 0.2) is 11.6 Å². The number of aryl methyl sites for hydroxylation is 1. The van der Waals surface area contributed by atoms with Crippen LogP contribution in [0.5, 0.6) is 5.75 Å². The van der Waals surface area contributed by atoms with Gasteiger partial charge in [0.05, 0.1) is 6.61 Å². The van der Waals surface area contributed by atoms with Crippen molar-refractivity contribution in [1.29, 1.82) is 0 Å². The number of halogens is 2. The first kappa shape index (κ1) is 8.44. The minimum Gasteiger partial charge on any atom is -0.505 e. The Labute approximate surface area is 73.8 Å². The summed E-state index contributed by atoms with van der Waals surface area (Å²) in [5, 5.41) is 9.06. The number of epoxide rings is 1. The molecule has 0 radical (unpaired) electrons. The Bertz CT molecular complexity index is 359. The van der Waals surface area contributed by atoms with E-state index in [0.29, 0.717) is 12.2 Å². The Kier molecular flexibility index (Phi) is 1.73. The lowest BCUT2D eigenvalue weighted by Crippen LogP contribution is -1.95. The average Bonchev–Trinajstić information content (AvgIpc) is 2.91. The molecule has 4 heteroatoms. The molecule has 2 rings (SSSR count). The number of ether oxygens (including phenoxy) is 1. The fourth-order valence-electron chi connectivity index (χ4n) is 1.23. The predicted octanol–water partition coefficient (Wildman–Crippen LogP) is 2.05. The van der Waals surface area contributed by atoms with Crippen LogP contribution in [0.15, 0.2) is 6.07 Å². The third-order valence-corrected chi connectivity index (χ3v) is 2.08. The second-order valence-corrected chi connectivity index (χ2v) is 3.08. The molecule has 0 spiro atoms. The summed E-state index contributed by atoms with van der Waals surface area (Å²) in [5.41, 5.74) is 0.511. The van der Waals surface area contributed by atoms with Crippen molar-refractivity contribution < 1.29 is 18.6 Å². The lowest BCUT2D eigenvalue weighted by molar-refractivity contribution is 0.382. The molecule has 0 saturated carbocycles. The smallest absolute Gasteiger partial charge is 0.201 e. The molecule has 0 amide bonds. The maximum Gasteiger partial charge on any atom is 0.201 e. The van der Waals surface area contributed by atoms with Gasteiger partial charge in [0.1, 0.15) is 6.10 Å². The molecule has 1 aliphatic rings. The largest absolute Gasteiger partial charge is 0.505 e. The van der Waals surface area contributed by atoms with Crippen molar-refractivity contribution >= 4 is 0 Å². The van der Waals surface area contributed by atoms with E-state index in [-0.39, 0.29) is 11.7 Å². The van der Waals surface area contributed by atoms with Crippen molar-refractivity contribution in [3.8, 4) is 5.75 Å². The van der Waals surface area contributed by atoms with E-state index in [4.69, 9.17) is 9.84 Å². The number of benzene rings is 1. The van der Waals surface area contributed by atoms with Crippen molar-refractivity contribution in [2.24, 2.45) is 0 Å². The highest BCUT2D eigenvalue weighted by molar-refractivity contribution is 5.39. The molecule has 2 nitrogen and oxygen atoms in total. The average molecular weight is 186 g/mol. The van der Waals surface area contributed by atoms with Crippen molar-refractivity contribution in [1.82, 2.24) is 0 Å². The molecule has 0 unspecified atom stereocenters. The van der Waals surface area contributed by atoms with Gasteiger partial charge in [0.2, 0.25) is 5.82 Å². The minimum atomic E-state index is -1.19. The van der Waals surface area contributed by atoms with Gasteiger partial charge in [-0.05, 0) is 18.6 Å². The zero-order valence-electron chi connectivity index (χ0n) is 6.97. The van der Waals surface area contributed by atoms with Crippen LogP contribution in [0.2, 0.25) is 0 Å². The standard InChI is InChI=1S/C9H8F2O2/c1-4-2-5(6-3-13-6)7(10)8(11)9(4)12/h2,6,12H,3H2,1H3/t6-/m0/s1. The topological polar surface area (TPSA) is 32.8 Å². The van der Waals surface area contributed by atoms with Crippen molar-refractivity contribution in [2.75, 3.05) is 6.61 Å². The van der Waals surface area contributed by atoms with E-state index in [1.54, 1.807) is 0 Å². The second-order valence-electron chi connectivity index (χ2n) is 3.08. The molecule has 13 heavy (non-hydrogen) atoms. The molecule has 1 aliphatic heterocycles. The van der Waals surface area contributed by atoms with Gasteiger partial charge < -0.3 is 9.84 Å². The summed E-state index contributed by atoms with van der Waals surface area (Å²) in [4.78, 5) is 0. The quantitative estimate of drug-likeness (QED) is 0.681. The minimum absolute atomic E-state index is 0.188. The highest BCUT2D eigenvalue weighted by Gasteiger charge is 2.30. The molecule has 1 N–H and O–H groups in total. The Morgan fingerprint density at radius 2 is 2.08 bits per heavy atom. The summed E-state index contributed by atoms with van der Waals surface area (Å²) < 4.78 is 30.9. The van der Waals surface area contributed by atoms with Crippen LogP contribution in [0.4, 0.5) is 8.78 Å². The van der Waals surface area contributed by atoms with Gasteiger partial charge in [-0.3, -0.25) is 0 Å². The highest BCUT2D eigenvalue weighted by Crippen LogP contribution is 2.36. The van der Waals surface area contributed by atoms with E-state index in [0.717, 1.165) is 0 Å². The van der Waals surface area contributed by atoms with Crippen LogP contribution in [0.25, 0.3) is 0 Å². The molecule has 70 valence electrons. The molecule has 1 heterocycles. The molecule has 0 bridgehead atoms. The fourth-order valence-corrected chi connectivity index (χ4v) is 1.23. The number of hydrogen-bond acceptors (Lipinski definition) is 2. The van der Waals surface area contributed by atoms with E-state index >= 15 is 0 Å². The maximum absolute atomic E-state index is 13.1. The molecular weight excluding hydrogens is 178 g/mol. The Hall–Kier alpha value is -1.16. The van der Waals surface area contributed by atoms with Gasteiger partial charge in [-0.1, -0.05) is 0 Å². The summed E-state index contributed by atoms with van der Waals surface area (Å²) >= 11 is 0. The van der Waals surface area contributed by atoms with E-state index < -0.39 is 17.4 Å². The summed E-state index contributed by atoms with van der Waals surface area (Å²) in [6.07, 6.45) is -0.339. The van der Waals surface area contributed by atoms with Crippen LogP contribution in [-0.2, 0) is 4.74 Å². The lowest BCUT2D eigenvalue weighted by Gasteiger charge is -2.05. The Balaban J connectivity index is 2.58. The lowest BCUT2D eigenvalue weighted by atomic mass is 10.1. The highest BCUT2D eigenvalue weighted by atomic mass is 19.2. The third kappa shape index (κ3) is 1.27. The molecule has 1 aromatic rings. The van der Waals surface area contributed by atoms with Crippen LogP contribution in [-0.4, -0.2) is 11.7 Å². The van der Waals surface area contributed by atoms with Crippen molar-refractivity contribution in [2.45, 2.75) is 13.0 Å². The molecule has 0 aliphatic carbocycles. The van der Waals surface area contributed by atoms with Gasteiger partial charge >= 0.3 is 0 Å². The molecular formula is C9H8F2O2. The monoisotopic (exact) mass is 186 g/mol. The van der Waals surface area contributed by atoms with Crippen LogP contribution in [0.3, 0.4) is 0 Å². The van der Waals surface area contributed by atoms with Gasteiger partial charge in [0.25, 0.3) is 0 Å². The second kappa shape index (κ2) is 2.67. The van der Waals surface area contributed by atoms with Gasteiger partial charge in [-0.25, -0.2) is 4.39 Å². The number of phenols is 1.